The van der Waals surface area contributed by atoms with Crippen molar-refractivity contribution in [3.05, 3.63) is 24.2 Å². The molecule has 114 valence electrons. The van der Waals surface area contributed by atoms with Crippen LogP contribution in [0.5, 0.6) is 0 Å². The number of nitrogens with zero attached hydrogens (tertiary/aromatic N) is 1. The zero-order chi connectivity index (χ0) is 14.1. The maximum Gasteiger partial charge on any atom is 0.191 e. The maximum absolute atomic E-state index is 5.91. The van der Waals surface area contributed by atoms with Gasteiger partial charge in [0.2, 0.25) is 0 Å². The van der Waals surface area contributed by atoms with Gasteiger partial charge in [-0.15, -0.1) is 0 Å². The average Bonchev–Trinajstić information content (AvgIpc) is 2.93. The van der Waals surface area contributed by atoms with Crippen LogP contribution in [0.4, 0.5) is 0 Å². The highest BCUT2D eigenvalue weighted by molar-refractivity contribution is 5.80. The molecule has 3 heterocycles. The van der Waals surface area contributed by atoms with Gasteiger partial charge < -0.3 is 19.8 Å². The fourth-order valence-electron chi connectivity index (χ4n) is 3.25. The SMILES string of the molecule is c1coc(CCN=C(NC2CC2)NC2CC3CCC2O3)c1. The van der Waals surface area contributed by atoms with E-state index in [9.17, 15) is 0 Å². The molecule has 1 aromatic rings. The molecule has 5 heteroatoms. The molecule has 3 unspecified atom stereocenters. The van der Waals surface area contributed by atoms with Crippen molar-refractivity contribution in [2.45, 2.75) is 62.8 Å². The van der Waals surface area contributed by atoms with E-state index in [1.807, 2.05) is 12.1 Å². The second kappa shape index (κ2) is 5.72. The molecular formula is C16H23N3O2. The van der Waals surface area contributed by atoms with Crippen LogP contribution in [-0.2, 0) is 11.2 Å². The molecule has 2 saturated heterocycles. The Morgan fingerprint density at radius 3 is 2.86 bits per heavy atom. The third kappa shape index (κ3) is 3.23. The maximum atomic E-state index is 5.91. The summed E-state index contributed by atoms with van der Waals surface area (Å²) in [5.74, 6) is 1.94. The number of hydrogen-bond donors (Lipinski definition) is 2. The Bertz CT molecular complexity index is 496. The van der Waals surface area contributed by atoms with Crippen LogP contribution >= 0.6 is 0 Å². The van der Waals surface area contributed by atoms with Crippen molar-refractivity contribution in [2.75, 3.05) is 6.54 Å². The Labute approximate surface area is 125 Å². The normalized spacial score (nSPS) is 31.6. The summed E-state index contributed by atoms with van der Waals surface area (Å²) >= 11 is 0. The first kappa shape index (κ1) is 13.2. The summed E-state index contributed by atoms with van der Waals surface area (Å²) in [4.78, 5) is 4.70. The molecule has 0 radical (unpaired) electrons. The second-order valence-corrected chi connectivity index (χ2v) is 6.34. The lowest BCUT2D eigenvalue weighted by atomic mass is 9.96. The predicted octanol–water partition coefficient (Wildman–Crippen LogP) is 1.84. The van der Waals surface area contributed by atoms with Gasteiger partial charge in [0.15, 0.2) is 5.96 Å². The summed E-state index contributed by atoms with van der Waals surface area (Å²) in [6.45, 7) is 0.747. The largest absolute Gasteiger partial charge is 0.469 e. The van der Waals surface area contributed by atoms with Gasteiger partial charge in [0.25, 0.3) is 0 Å². The first-order valence-electron chi connectivity index (χ1n) is 8.12. The third-order valence-corrected chi connectivity index (χ3v) is 4.55. The fourth-order valence-corrected chi connectivity index (χ4v) is 3.25. The zero-order valence-electron chi connectivity index (χ0n) is 12.3. The van der Waals surface area contributed by atoms with Crippen molar-refractivity contribution in [1.29, 1.82) is 0 Å². The van der Waals surface area contributed by atoms with Gasteiger partial charge in [-0.1, -0.05) is 0 Å². The molecule has 3 fully saturated rings. The highest BCUT2D eigenvalue weighted by Crippen LogP contribution is 2.34. The number of furan rings is 1. The van der Waals surface area contributed by atoms with Crippen molar-refractivity contribution in [1.82, 2.24) is 10.6 Å². The molecule has 21 heavy (non-hydrogen) atoms. The van der Waals surface area contributed by atoms with Gasteiger partial charge in [-0.3, -0.25) is 4.99 Å². The molecule has 0 spiro atoms. The van der Waals surface area contributed by atoms with E-state index in [-0.39, 0.29) is 0 Å². The molecule has 1 aliphatic carbocycles. The quantitative estimate of drug-likeness (QED) is 0.641. The summed E-state index contributed by atoms with van der Waals surface area (Å²) < 4.78 is 11.3. The topological polar surface area (TPSA) is 58.8 Å². The summed E-state index contributed by atoms with van der Waals surface area (Å²) in [6, 6.07) is 4.96. The Balaban J connectivity index is 1.34. The van der Waals surface area contributed by atoms with Gasteiger partial charge in [-0.25, -0.2) is 0 Å². The van der Waals surface area contributed by atoms with Crippen molar-refractivity contribution in [3.8, 4) is 0 Å². The van der Waals surface area contributed by atoms with Gasteiger partial charge in [0.05, 0.1) is 24.5 Å². The van der Waals surface area contributed by atoms with Crippen LogP contribution in [-0.4, -0.2) is 36.8 Å². The fraction of sp³-hybridized carbons (Fsp3) is 0.688. The minimum absolute atomic E-state index is 0.381. The lowest BCUT2D eigenvalue weighted by Gasteiger charge is -2.22. The Morgan fingerprint density at radius 2 is 2.19 bits per heavy atom. The summed E-state index contributed by atoms with van der Waals surface area (Å²) in [6.07, 6.45) is 9.45. The molecule has 0 aromatic carbocycles. The number of rotatable bonds is 5. The predicted molar refractivity (Wildman–Crippen MR) is 80.3 cm³/mol. The van der Waals surface area contributed by atoms with E-state index >= 15 is 0 Å². The molecule has 2 aliphatic heterocycles. The van der Waals surface area contributed by atoms with E-state index in [0.29, 0.717) is 24.3 Å². The monoisotopic (exact) mass is 289 g/mol. The van der Waals surface area contributed by atoms with E-state index in [0.717, 1.165) is 31.1 Å². The van der Waals surface area contributed by atoms with Crippen LogP contribution in [0.15, 0.2) is 27.8 Å². The van der Waals surface area contributed by atoms with Gasteiger partial charge >= 0.3 is 0 Å². The van der Waals surface area contributed by atoms with Crippen LogP contribution in [0.3, 0.4) is 0 Å². The highest BCUT2D eigenvalue weighted by atomic mass is 16.5. The molecule has 3 atom stereocenters. The minimum atomic E-state index is 0.381. The molecule has 5 nitrogen and oxygen atoms in total. The summed E-state index contributed by atoms with van der Waals surface area (Å²) in [7, 11) is 0. The van der Waals surface area contributed by atoms with Crippen molar-refractivity contribution in [3.63, 3.8) is 0 Å². The van der Waals surface area contributed by atoms with E-state index < -0.39 is 0 Å². The van der Waals surface area contributed by atoms with Crippen LogP contribution in [0.2, 0.25) is 0 Å². The van der Waals surface area contributed by atoms with Gasteiger partial charge in [0, 0.05) is 19.0 Å². The molecular weight excluding hydrogens is 266 g/mol. The van der Waals surface area contributed by atoms with Crippen molar-refractivity contribution >= 4 is 5.96 Å². The van der Waals surface area contributed by atoms with Crippen LogP contribution in [0.1, 0.15) is 37.9 Å². The molecule has 2 bridgehead atoms. The van der Waals surface area contributed by atoms with Gasteiger partial charge in [0.1, 0.15) is 5.76 Å². The Kier molecular flexibility index (Phi) is 3.59. The third-order valence-electron chi connectivity index (χ3n) is 4.55. The number of aliphatic imine (C=N–C) groups is 1. The van der Waals surface area contributed by atoms with Crippen molar-refractivity contribution < 1.29 is 9.15 Å². The van der Waals surface area contributed by atoms with Crippen LogP contribution < -0.4 is 10.6 Å². The molecule has 1 aromatic heterocycles. The first-order valence-corrected chi connectivity index (χ1v) is 8.12. The lowest BCUT2D eigenvalue weighted by molar-refractivity contribution is 0.0992. The molecule has 4 rings (SSSR count). The number of nitrogens with one attached hydrogen (secondary N) is 2. The average molecular weight is 289 g/mol. The smallest absolute Gasteiger partial charge is 0.191 e. The molecule has 0 amide bonds. The van der Waals surface area contributed by atoms with Crippen LogP contribution in [0, 0.1) is 0 Å². The molecule has 3 aliphatic rings. The van der Waals surface area contributed by atoms with E-state index in [1.165, 1.54) is 25.7 Å². The summed E-state index contributed by atoms with van der Waals surface area (Å²) in [5.41, 5.74) is 0. The number of ether oxygens (including phenoxy) is 1. The van der Waals surface area contributed by atoms with E-state index in [2.05, 4.69) is 10.6 Å². The standard InChI is InChI=1S/C16H23N3O2/c1-2-12(20-9-1)7-8-17-16(18-11-3-4-11)19-14-10-13-5-6-15(14)21-13/h1-2,9,11,13-15H,3-8,10H2,(H2,17,18,19). The zero-order valence-corrected chi connectivity index (χ0v) is 12.3. The Hall–Kier alpha value is -1.49. The van der Waals surface area contributed by atoms with E-state index in [4.69, 9.17) is 14.1 Å². The minimum Gasteiger partial charge on any atom is -0.469 e. The lowest BCUT2D eigenvalue weighted by Crippen LogP contribution is -2.48. The molecule has 1 saturated carbocycles. The second-order valence-electron chi connectivity index (χ2n) is 6.34. The Morgan fingerprint density at radius 1 is 1.24 bits per heavy atom. The number of fused-ring (bicyclic) bond motifs is 2. The number of guanidine groups is 1. The summed E-state index contributed by atoms with van der Waals surface area (Å²) in [5, 5.41) is 7.09. The highest BCUT2D eigenvalue weighted by Gasteiger charge is 2.41. The molecule has 2 N–H and O–H groups in total. The van der Waals surface area contributed by atoms with Crippen molar-refractivity contribution in [2.24, 2.45) is 4.99 Å². The van der Waals surface area contributed by atoms with E-state index in [1.54, 1.807) is 6.26 Å². The van der Waals surface area contributed by atoms with Gasteiger partial charge in [-0.2, -0.15) is 0 Å². The number of hydrogen-bond acceptors (Lipinski definition) is 3. The first-order chi connectivity index (χ1) is 10.4. The van der Waals surface area contributed by atoms with Crippen LogP contribution in [0.25, 0.3) is 0 Å². The van der Waals surface area contributed by atoms with Gasteiger partial charge in [-0.05, 0) is 44.2 Å².